The largest absolute Gasteiger partial charge is 0.459 e. The van der Waals surface area contributed by atoms with Crippen LogP contribution in [0.2, 0.25) is 0 Å². The standard InChI is InChI=1S/C12H17O2/c1-7(2)12(13)14-11-6-9-5-10(11)4-8(9)3/h8-11H,1,3-6H2,2H3. The number of fused-ring (bicyclic) bond motifs is 2. The first-order chi connectivity index (χ1) is 6.58. The smallest absolute Gasteiger partial charge is 0.333 e. The van der Waals surface area contributed by atoms with Crippen LogP contribution >= 0.6 is 0 Å². The van der Waals surface area contributed by atoms with Crippen LogP contribution in [-0.2, 0) is 9.53 Å². The van der Waals surface area contributed by atoms with E-state index in [4.69, 9.17) is 4.74 Å². The Morgan fingerprint density at radius 2 is 2.00 bits per heavy atom. The number of ether oxygens (including phenoxy) is 1. The maximum absolute atomic E-state index is 11.3. The Morgan fingerprint density at radius 1 is 1.29 bits per heavy atom. The fraction of sp³-hybridized carbons (Fsp3) is 0.667. The summed E-state index contributed by atoms with van der Waals surface area (Å²) < 4.78 is 5.39. The van der Waals surface area contributed by atoms with Gasteiger partial charge in [0.2, 0.25) is 0 Å². The van der Waals surface area contributed by atoms with Gasteiger partial charge in [-0.2, -0.15) is 0 Å². The van der Waals surface area contributed by atoms with Crippen LogP contribution in [0.5, 0.6) is 0 Å². The number of carbonyl (C=O) groups is 1. The van der Waals surface area contributed by atoms with E-state index in [-0.39, 0.29) is 12.1 Å². The molecular weight excluding hydrogens is 176 g/mol. The van der Waals surface area contributed by atoms with Crippen LogP contribution in [0.15, 0.2) is 12.2 Å². The minimum Gasteiger partial charge on any atom is -0.459 e. The van der Waals surface area contributed by atoms with E-state index < -0.39 is 0 Å². The van der Waals surface area contributed by atoms with Crippen LogP contribution < -0.4 is 0 Å². The van der Waals surface area contributed by atoms with Crippen LogP contribution in [0.25, 0.3) is 0 Å². The van der Waals surface area contributed by atoms with Gasteiger partial charge in [0.15, 0.2) is 0 Å². The van der Waals surface area contributed by atoms with E-state index in [1.165, 1.54) is 6.42 Å². The topological polar surface area (TPSA) is 26.3 Å². The minimum atomic E-state index is -0.233. The van der Waals surface area contributed by atoms with E-state index >= 15 is 0 Å². The third-order valence-electron chi connectivity index (χ3n) is 3.55. The molecule has 77 valence electrons. The van der Waals surface area contributed by atoms with Gasteiger partial charge >= 0.3 is 5.97 Å². The van der Waals surface area contributed by atoms with Crippen LogP contribution in [0.4, 0.5) is 0 Å². The van der Waals surface area contributed by atoms with Crippen LogP contribution in [0.3, 0.4) is 0 Å². The summed E-state index contributed by atoms with van der Waals surface area (Å²) in [5.41, 5.74) is 0.499. The average Bonchev–Trinajstić information content (AvgIpc) is 2.62. The average molecular weight is 193 g/mol. The summed E-state index contributed by atoms with van der Waals surface area (Å²) in [5, 5.41) is 0. The van der Waals surface area contributed by atoms with Crippen molar-refractivity contribution in [3.8, 4) is 0 Å². The second-order valence-corrected chi connectivity index (χ2v) is 4.71. The molecule has 2 fully saturated rings. The Bertz CT molecular complexity index is 267. The molecule has 0 aliphatic heterocycles. The van der Waals surface area contributed by atoms with Crippen molar-refractivity contribution in [3.05, 3.63) is 19.1 Å². The molecule has 2 aliphatic carbocycles. The zero-order valence-electron chi connectivity index (χ0n) is 8.66. The highest BCUT2D eigenvalue weighted by Crippen LogP contribution is 2.49. The van der Waals surface area contributed by atoms with Crippen LogP contribution in [0.1, 0.15) is 26.2 Å². The Hall–Kier alpha value is -0.790. The molecule has 1 radical (unpaired) electrons. The number of esters is 1. The van der Waals surface area contributed by atoms with E-state index in [9.17, 15) is 4.79 Å². The summed E-state index contributed by atoms with van der Waals surface area (Å²) >= 11 is 0. The van der Waals surface area contributed by atoms with Crippen molar-refractivity contribution in [1.29, 1.82) is 0 Å². The van der Waals surface area contributed by atoms with Gasteiger partial charge in [-0.25, -0.2) is 4.79 Å². The molecule has 0 saturated heterocycles. The molecule has 2 rings (SSSR count). The lowest BCUT2D eigenvalue weighted by molar-refractivity contribution is -0.146. The van der Waals surface area contributed by atoms with Gasteiger partial charge in [0.25, 0.3) is 0 Å². The first-order valence-corrected chi connectivity index (χ1v) is 5.27. The molecule has 0 aromatic rings. The van der Waals surface area contributed by atoms with Crippen LogP contribution in [0, 0.1) is 24.7 Å². The Balaban J connectivity index is 1.91. The summed E-state index contributed by atoms with van der Waals surface area (Å²) in [6.45, 7) is 9.39. The van der Waals surface area contributed by atoms with Gasteiger partial charge in [-0.1, -0.05) is 6.58 Å². The predicted octanol–water partition coefficient (Wildman–Crippen LogP) is 2.35. The molecule has 0 aromatic heterocycles. The molecule has 4 unspecified atom stereocenters. The van der Waals surface area contributed by atoms with Gasteiger partial charge in [0.05, 0.1) is 0 Å². The first kappa shape index (κ1) is 9.75. The van der Waals surface area contributed by atoms with E-state index in [0.29, 0.717) is 23.3 Å². The molecule has 14 heavy (non-hydrogen) atoms. The van der Waals surface area contributed by atoms with Crippen molar-refractivity contribution in [3.63, 3.8) is 0 Å². The fourth-order valence-corrected chi connectivity index (χ4v) is 2.72. The fourth-order valence-electron chi connectivity index (χ4n) is 2.72. The molecule has 2 nitrogen and oxygen atoms in total. The predicted molar refractivity (Wildman–Crippen MR) is 54.4 cm³/mol. The quantitative estimate of drug-likeness (QED) is 0.497. The van der Waals surface area contributed by atoms with E-state index in [2.05, 4.69) is 13.5 Å². The highest BCUT2D eigenvalue weighted by atomic mass is 16.5. The number of rotatable bonds is 2. The lowest BCUT2D eigenvalue weighted by atomic mass is 9.89. The lowest BCUT2D eigenvalue weighted by Gasteiger charge is -2.25. The monoisotopic (exact) mass is 193 g/mol. The number of hydrogen-bond acceptors (Lipinski definition) is 2. The Labute approximate surface area is 85.3 Å². The van der Waals surface area contributed by atoms with E-state index in [0.717, 1.165) is 12.8 Å². The van der Waals surface area contributed by atoms with Gasteiger partial charge in [0, 0.05) is 5.57 Å². The molecule has 0 heterocycles. The maximum atomic E-state index is 11.3. The summed E-state index contributed by atoms with van der Waals surface area (Å²) in [7, 11) is 0. The molecule has 2 saturated carbocycles. The second-order valence-electron chi connectivity index (χ2n) is 4.71. The minimum absolute atomic E-state index is 0.141. The Kier molecular flexibility index (Phi) is 2.38. The number of hydrogen-bond donors (Lipinski definition) is 0. The molecule has 2 heteroatoms. The summed E-state index contributed by atoms with van der Waals surface area (Å²) in [4.78, 5) is 11.3. The SMILES string of the molecule is [CH2]C1CC2CC1CC2OC(=O)C(=C)C. The summed E-state index contributed by atoms with van der Waals surface area (Å²) in [6, 6.07) is 0. The van der Waals surface area contributed by atoms with Gasteiger partial charge in [0.1, 0.15) is 6.10 Å². The van der Waals surface area contributed by atoms with Gasteiger partial charge in [-0.15, -0.1) is 0 Å². The molecule has 4 atom stereocenters. The first-order valence-electron chi connectivity index (χ1n) is 5.27. The van der Waals surface area contributed by atoms with Crippen LogP contribution in [-0.4, -0.2) is 12.1 Å². The summed E-state index contributed by atoms with van der Waals surface area (Å²) in [5.74, 6) is 1.59. The third-order valence-corrected chi connectivity index (χ3v) is 3.55. The second kappa shape index (κ2) is 3.41. The van der Waals surface area contributed by atoms with Crippen molar-refractivity contribution in [2.75, 3.05) is 0 Å². The van der Waals surface area contributed by atoms with Gasteiger partial charge in [-0.05, 0) is 50.9 Å². The van der Waals surface area contributed by atoms with E-state index in [1.807, 2.05) is 0 Å². The number of carbonyl (C=O) groups excluding carboxylic acids is 1. The molecule has 0 aromatic carbocycles. The Morgan fingerprint density at radius 3 is 2.43 bits per heavy atom. The molecule has 2 aliphatic rings. The maximum Gasteiger partial charge on any atom is 0.333 e. The van der Waals surface area contributed by atoms with Crippen molar-refractivity contribution in [2.45, 2.75) is 32.3 Å². The van der Waals surface area contributed by atoms with E-state index in [1.54, 1.807) is 6.92 Å². The lowest BCUT2D eigenvalue weighted by Crippen LogP contribution is -2.26. The van der Waals surface area contributed by atoms with Crippen molar-refractivity contribution in [1.82, 2.24) is 0 Å². The highest BCUT2D eigenvalue weighted by Gasteiger charge is 2.45. The third kappa shape index (κ3) is 1.58. The molecule has 2 bridgehead atoms. The molecular formula is C12H17O2. The van der Waals surface area contributed by atoms with Gasteiger partial charge in [-0.3, -0.25) is 0 Å². The molecule has 0 amide bonds. The zero-order chi connectivity index (χ0) is 10.3. The zero-order valence-corrected chi connectivity index (χ0v) is 8.66. The van der Waals surface area contributed by atoms with Crippen molar-refractivity contribution < 1.29 is 9.53 Å². The van der Waals surface area contributed by atoms with Crippen molar-refractivity contribution in [2.24, 2.45) is 17.8 Å². The molecule has 0 spiro atoms. The van der Waals surface area contributed by atoms with Crippen molar-refractivity contribution >= 4 is 5.97 Å². The van der Waals surface area contributed by atoms with Gasteiger partial charge < -0.3 is 4.74 Å². The normalized spacial score (nSPS) is 39.9. The summed E-state index contributed by atoms with van der Waals surface area (Å²) in [6.07, 6.45) is 3.47. The highest BCUT2D eigenvalue weighted by molar-refractivity contribution is 5.87. The molecule has 0 N–H and O–H groups in total.